The minimum absolute atomic E-state index is 0.149. The molecular formula is C25H25N3O2. The Labute approximate surface area is 176 Å². The van der Waals surface area contributed by atoms with Crippen molar-refractivity contribution in [3.63, 3.8) is 0 Å². The average Bonchev–Trinajstić information content (AvgIpc) is 2.80. The molecule has 0 fully saturated rings. The first-order valence-electron chi connectivity index (χ1n) is 9.97. The molecule has 152 valence electrons. The van der Waals surface area contributed by atoms with Gasteiger partial charge in [0.15, 0.2) is 0 Å². The summed E-state index contributed by atoms with van der Waals surface area (Å²) < 4.78 is 0. The molecule has 0 atom stereocenters. The van der Waals surface area contributed by atoms with E-state index in [2.05, 4.69) is 15.8 Å². The van der Waals surface area contributed by atoms with Gasteiger partial charge in [0.25, 0.3) is 5.91 Å². The molecule has 0 aliphatic heterocycles. The Balaban J connectivity index is 1.65. The van der Waals surface area contributed by atoms with Crippen LogP contribution in [0, 0.1) is 0 Å². The van der Waals surface area contributed by atoms with E-state index in [1.165, 1.54) is 0 Å². The Hall–Kier alpha value is -3.73. The molecule has 0 aliphatic carbocycles. The SMILES string of the molecule is CCC(=NNC(=O)CNC(=O)C(c1ccccc1)c1ccccc1)c1ccccc1. The lowest BCUT2D eigenvalue weighted by molar-refractivity contribution is -0.126. The van der Waals surface area contributed by atoms with Crippen molar-refractivity contribution in [2.45, 2.75) is 19.3 Å². The third-order valence-corrected chi connectivity index (χ3v) is 4.71. The van der Waals surface area contributed by atoms with Gasteiger partial charge < -0.3 is 5.32 Å². The number of carbonyl (C=O) groups is 2. The van der Waals surface area contributed by atoms with Crippen LogP contribution in [0.4, 0.5) is 0 Å². The van der Waals surface area contributed by atoms with E-state index in [1.807, 2.05) is 97.9 Å². The molecule has 3 rings (SSSR count). The molecule has 2 N–H and O–H groups in total. The van der Waals surface area contributed by atoms with E-state index < -0.39 is 5.92 Å². The second-order valence-electron chi connectivity index (χ2n) is 6.79. The smallest absolute Gasteiger partial charge is 0.259 e. The molecule has 3 aromatic carbocycles. The quantitative estimate of drug-likeness (QED) is 0.446. The lowest BCUT2D eigenvalue weighted by Gasteiger charge is -2.17. The van der Waals surface area contributed by atoms with Crippen LogP contribution in [0.5, 0.6) is 0 Å². The first-order chi connectivity index (χ1) is 14.7. The standard InChI is InChI=1S/C25H25N3O2/c1-2-22(19-12-6-3-7-13-19)27-28-23(29)18-26-25(30)24(20-14-8-4-9-15-20)21-16-10-5-11-17-21/h3-17,24H,2,18H2,1H3,(H,26,30)(H,28,29). The molecule has 5 nitrogen and oxygen atoms in total. The van der Waals surface area contributed by atoms with Crippen LogP contribution in [0.3, 0.4) is 0 Å². The third-order valence-electron chi connectivity index (χ3n) is 4.71. The van der Waals surface area contributed by atoms with Gasteiger partial charge in [-0.3, -0.25) is 9.59 Å². The Bertz CT molecular complexity index is 947. The van der Waals surface area contributed by atoms with E-state index in [0.29, 0.717) is 6.42 Å². The molecule has 0 aromatic heterocycles. The summed E-state index contributed by atoms with van der Waals surface area (Å²) in [7, 11) is 0. The highest BCUT2D eigenvalue weighted by atomic mass is 16.2. The third kappa shape index (κ3) is 5.64. The van der Waals surface area contributed by atoms with Gasteiger partial charge in [0, 0.05) is 0 Å². The minimum atomic E-state index is -0.487. The highest BCUT2D eigenvalue weighted by Gasteiger charge is 2.22. The summed E-state index contributed by atoms with van der Waals surface area (Å²) in [6, 6.07) is 28.7. The van der Waals surface area contributed by atoms with E-state index in [9.17, 15) is 9.59 Å². The molecule has 0 saturated carbocycles. The topological polar surface area (TPSA) is 70.6 Å². The molecule has 2 amide bonds. The largest absolute Gasteiger partial charge is 0.346 e. The Morgan fingerprint density at radius 3 is 1.80 bits per heavy atom. The van der Waals surface area contributed by atoms with E-state index in [4.69, 9.17) is 0 Å². The summed E-state index contributed by atoms with van der Waals surface area (Å²) in [5.74, 6) is -1.09. The van der Waals surface area contributed by atoms with Gasteiger partial charge in [-0.15, -0.1) is 0 Å². The molecule has 0 saturated heterocycles. The average molecular weight is 399 g/mol. The molecule has 0 aliphatic rings. The summed E-state index contributed by atoms with van der Waals surface area (Å²) in [5.41, 5.74) is 6.02. The fourth-order valence-electron chi connectivity index (χ4n) is 3.20. The number of rotatable bonds is 8. The number of amides is 2. The summed E-state index contributed by atoms with van der Waals surface area (Å²) in [6.45, 7) is 1.83. The normalized spacial score (nSPS) is 11.2. The molecular weight excluding hydrogens is 374 g/mol. The Morgan fingerprint density at radius 1 is 0.800 bits per heavy atom. The minimum Gasteiger partial charge on any atom is -0.346 e. The first kappa shape index (κ1) is 21.0. The maximum absolute atomic E-state index is 12.9. The Kier molecular flexibility index (Phi) is 7.50. The highest BCUT2D eigenvalue weighted by molar-refractivity contribution is 6.01. The van der Waals surface area contributed by atoms with Crippen molar-refractivity contribution in [2.75, 3.05) is 6.54 Å². The maximum atomic E-state index is 12.9. The van der Waals surface area contributed by atoms with Crippen molar-refractivity contribution in [1.29, 1.82) is 0 Å². The van der Waals surface area contributed by atoms with Gasteiger partial charge in [0.05, 0.1) is 18.2 Å². The van der Waals surface area contributed by atoms with E-state index in [-0.39, 0.29) is 18.4 Å². The molecule has 5 heteroatoms. The van der Waals surface area contributed by atoms with E-state index >= 15 is 0 Å². The van der Waals surface area contributed by atoms with Crippen LogP contribution in [0.25, 0.3) is 0 Å². The predicted octanol–water partition coefficient (Wildman–Crippen LogP) is 3.87. The van der Waals surface area contributed by atoms with Gasteiger partial charge in [-0.2, -0.15) is 5.10 Å². The molecule has 0 bridgehead atoms. The van der Waals surface area contributed by atoms with Crippen molar-refractivity contribution in [2.24, 2.45) is 5.10 Å². The molecule has 0 heterocycles. The number of benzene rings is 3. The first-order valence-corrected chi connectivity index (χ1v) is 9.97. The van der Waals surface area contributed by atoms with Crippen LogP contribution in [0.15, 0.2) is 96.1 Å². The Morgan fingerprint density at radius 2 is 1.30 bits per heavy atom. The number of hydrogen-bond donors (Lipinski definition) is 2. The van der Waals surface area contributed by atoms with Crippen molar-refractivity contribution in [3.8, 4) is 0 Å². The summed E-state index contributed by atoms with van der Waals surface area (Å²) in [4.78, 5) is 25.2. The summed E-state index contributed by atoms with van der Waals surface area (Å²) in [6.07, 6.45) is 0.681. The van der Waals surface area contributed by atoms with Crippen LogP contribution < -0.4 is 10.7 Å². The molecule has 0 radical (unpaired) electrons. The zero-order valence-electron chi connectivity index (χ0n) is 16.9. The fourth-order valence-corrected chi connectivity index (χ4v) is 3.20. The van der Waals surface area contributed by atoms with Crippen molar-refractivity contribution >= 4 is 17.5 Å². The van der Waals surface area contributed by atoms with Crippen LogP contribution in [0.1, 0.15) is 36.0 Å². The van der Waals surface area contributed by atoms with Gasteiger partial charge in [-0.25, -0.2) is 5.43 Å². The van der Waals surface area contributed by atoms with Crippen LogP contribution in [-0.2, 0) is 9.59 Å². The van der Waals surface area contributed by atoms with Gasteiger partial charge in [-0.1, -0.05) is 97.9 Å². The number of nitrogens with one attached hydrogen (secondary N) is 2. The van der Waals surface area contributed by atoms with Crippen LogP contribution in [-0.4, -0.2) is 24.1 Å². The summed E-state index contributed by atoms with van der Waals surface area (Å²) >= 11 is 0. The lowest BCUT2D eigenvalue weighted by atomic mass is 9.90. The van der Waals surface area contributed by atoms with Crippen molar-refractivity contribution in [3.05, 3.63) is 108 Å². The summed E-state index contributed by atoms with van der Waals surface area (Å²) in [5, 5.41) is 6.96. The van der Waals surface area contributed by atoms with Gasteiger partial charge in [0.2, 0.25) is 5.91 Å². The zero-order chi connectivity index (χ0) is 21.2. The van der Waals surface area contributed by atoms with Crippen molar-refractivity contribution in [1.82, 2.24) is 10.7 Å². The number of nitrogens with zero attached hydrogens (tertiary/aromatic N) is 1. The molecule has 0 spiro atoms. The zero-order valence-corrected chi connectivity index (χ0v) is 16.9. The molecule has 0 unspecified atom stereocenters. The van der Waals surface area contributed by atoms with E-state index in [1.54, 1.807) is 0 Å². The lowest BCUT2D eigenvalue weighted by Crippen LogP contribution is -2.38. The molecule has 30 heavy (non-hydrogen) atoms. The fraction of sp³-hybridized carbons (Fsp3) is 0.160. The van der Waals surface area contributed by atoms with Crippen LogP contribution >= 0.6 is 0 Å². The van der Waals surface area contributed by atoms with Crippen LogP contribution in [0.2, 0.25) is 0 Å². The van der Waals surface area contributed by atoms with Gasteiger partial charge >= 0.3 is 0 Å². The second-order valence-corrected chi connectivity index (χ2v) is 6.79. The monoisotopic (exact) mass is 399 g/mol. The van der Waals surface area contributed by atoms with Crippen molar-refractivity contribution < 1.29 is 9.59 Å². The number of hydrazone groups is 1. The van der Waals surface area contributed by atoms with Gasteiger partial charge in [-0.05, 0) is 23.1 Å². The maximum Gasteiger partial charge on any atom is 0.259 e. The molecule has 3 aromatic rings. The van der Waals surface area contributed by atoms with Gasteiger partial charge in [0.1, 0.15) is 0 Å². The number of hydrogen-bond acceptors (Lipinski definition) is 3. The highest BCUT2D eigenvalue weighted by Crippen LogP contribution is 2.24. The number of carbonyl (C=O) groups excluding carboxylic acids is 2. The van der Waals surface area contributed by atoms with E-state index in [0.717, 1.165) is 22.4 Å². The predicted molar refractivity (Wildman–Crippen MR) is 119 cm³/mol. The second kappa shape index (κ2) is 10.7.